The summed E-state index contributed by atoms with van der Waals surface area (Å²) in [5.74, 6) is 0.785. The maximum atomic E-state index is 11.9. The molecule has 0 fully saturated rings. The Morgan fingerprint density at radius 3 is 2.67 bits per heavy atom. The zero-order valence-corrected chi connectivity index (χ0v) is 18.0. The predicted molar refractivity (Wildman–Crippen MR) is 123 cm³/mol. The van der Waals surface area contributed by atoms with Gasteiger partial charge in [-0.15, -0.1) is 11.3 Å². The van der Waals surface area contributed by atoms with Crippen molar-refractivity contribution in [1.82, 2.24) is 25.7 Å². The van der Waals surface area contributed by atoms with E-state index in [2.05, 4.69) is 50.3 Å². The van der Waals surface area contributed by atoms with Crippen LogP contribution in [0.2, 0.25) is 0 Å². The number of rotatable bonds is 10. The molecular formula is C22H28N6OS. The number of thiophene rings is 1. The summed E-state index contributed by atoms with van der Waals surface area (Å²) in [6.45, 7) is 4.91. The van der Waals surface area contributed by atoms with Gasteiger partial charge in [0, 0.05) is 38.6 Å². The third-order valence-corrected chi connectivity index (χ3v) is 5.26. The number of carbonyl (C=O) groups is 1. The van der Waals surface area contributed by atoms with Crippen molar-refractivity contribution in [1.29, 1.82) is 0 Å². The van der Waals surface area contributed by atoms with Crippen LogP contribution in [-0.2, 0) is 6.42 Å². The van der Waals surface area contributed by atoms with Crippen molar-refractivity contribution in [2.75, 3.05) is 26.2 Å². The van der Waals surface area contributed by atoms with Crippen LogP contribution in [0.15, 0.2) is 65.2 Å². The van der Waals surface area contributed by atoms with E-state index in [9.17, 15) is 4.79 Å². The molecule has 8 heteroatoms. The molecule has 0 spiro atoms. The van der Waals surface area contributed by atoms with Crippen LogP contribution in [0, 0.1) is 0 Å². The molecule has 2 heterocycles. The molecule has 0 aliphatic heterocycles. The summed E-state index contributed by atoms with van der Waals surface area (Å²) in [6, 6.07) is 14.0. The molecule has 3 rings (SSSR count). The van der Waals surface area contributed by atoms with E-state index in [1.165, 1.54) is 16.9 Å². The molecule has 0 radical (unpaired) electrons. The van der Waals surface area contributed by atoms with E-state index in [4.69, 9.17) is 0 Å². The Hall–Kier alpha value is -3.13. The number of hydrogen-bond acceptors (Lipinski definition) is 4. The monoisotopic (exact) mass is 424 g/mol. The van der Waals surface area contributed by atoms with E-state index in [1.807, 2.05) is 41.4 Å². The molecule has 0 bridgehead atoms. The van der Waals surface area contributed by atoms with Gasteiger partial charge in [0.15, 0.2) is 5.96 Å². The average Bonchev–Trinajstić information content (AvgIpc) is 3.48. The van der Waals surface area contributed by atoms with Gasteiger partial charge in [-0.2, -0.15) is 5.10 Å². The first-order valence-electron chi connectivity index (χ1n) is 10.2. The SMILES string of the molecule is CCNC(=NCCCNC(=O)c1cccs1)NCCc1ccc(-n2cccn2)cc1. The lowest BCUT2D eigenvalue weighted by Crippen LogP contribution is -2.38. The highest BCUT2D eigenvalue weighted by Crippen LogP contribution is 2.09. The topological polar surface area (TPSA) is 83.3 Å². The van der Waals surface area contributed by atoms with Gasteiger partial charge in [0.25, 0.3) is 5.91 Å². The van der Waals surface area contributed by atoms with Crippen LogP contribution in [0.1, 0.15) is 28.6 Å². The van der Waals surface area contributed by atoms with Gasteiger partial charge in [-0.25, -0.2) is 4.68 Å². The lowest BCUT2D eigenvalue weighted by Gasteiger charge is -2.11. The molecule has 30 heavy (non-hydrogen) atoms. The molecule has 3 N–H and O–H groups in total. The summed E-state index contributed by atoms with van der Waals surface area (Å²) < 4.78 is 1.85. The van der Waals surface area contributed by atoms with E-state index in [0.29, 0.717) is 13.1 Å². The van der Waals surface area contributed by atoms with Crippen LogP contribution in [0.5, 0.6) is 0 Å². The van der Waals surface area contributed by atoms with Crippen molar-refractivity contribution < 1.29 is 4.79 Å². The van der Waals surface area contributed by atoms with Crippen molar-refractivity contribution in [2.24, 2.45) is 4.99 Å². The maximum Gasteiger partial charge on any atom is 0.261 e. The second kappa shape index (κ2) is 11.8. The van der Waals surface area contributed by atoms with Crippen LogP contribution in [0.3, 0.4) is 0 Å². The lowest BCUT2D eigenvalue weighted by molar-refractivity contribution is 0.0957. The summed E-state index contributed by atoms with van der Waals surface area (Å²) in [5.41, 5.74) is 2.31. The molecule has 0 aliphatic carbocycles. The highest BCUT2D eigenvalue weighted by atomic mass is 32.1. The number of benzene rings is 1. The molecule has 7 nitrogen and oxygen atoms in total. The molecule has 0 saturated heterocycles. The summed E-state index contributed by atoms with van der Waals surface area (Å²) >= 11 is 1.45. The second-order valence-corrected chi connectivity index (χ2v) is 7.59. The smallest absolute Gasteiger partial charge is 0.261 e. The fraction of sp³-hybridized carbons (Fsp3) is 0.318. The Bertz CT molecular complexity index is 904. The van der Waals surface area contributed by atoms with E-state index >= 15 is 0 Å². The van der Waals surface area contributed by atoms with Crippen LogP contribution < -0.4 is 16.0 Å². The quantitative estimate of drug-likeness (QED) is 0.265. The zero-order chi connectivity index (χ0) is 21.0. The Morgan fingerprint density at radius 1 is 1.10 bits per heavy atom. The van der Waals surface area contributed by atoms with Gasteiger partial charge >= 0.3 is 0 Å². The van der Waals surface area contributed by atoms with Gasteiger partial charge in [0.05, 0.1) is 10.6 Å². The molecule has 3 aromatic rings. The second-order valence-electron chi connectivity index (χ2n) is 6.64. The van der Waals surface area contributed by atoms with E-state index in [0.717, 1.165) is 42.5 Å². The first-order chi connectivity index (χ1) is 14.8. The summed E-state index contributed by atoms with van der Waals surface area (Å²) in [7, 11) is 0. The van der Waals surface area contributed by atoms with Crippen molar-refractivity contribution in [3.05, 3.63) is 70.7 Å². The van der Waals surface area contributed by atoms with Gasteiger partial charge in [-0.05, 0) is 55.0 Å². The highest BCUT2D eigenvalue weighted by molar-refractivity contribution is 7.12. The van der Waals surface area contributed by atoms with Crippen molar-refractivity contribution in [3.8, 4) is 5.69 Å². The number of amides is 1. The lowest BCUT2D eigenvalue weighted by atomic mass is 10.1. The molecule has 1 amide bonds. The fourth-order valence-electron chi connectivity index (χ4n) is 2.87. The summed E-state index contributed by atoms with van der Waals surface area (Å²) in [6.07, 6.45) is 5.41. The first kappa shape index (κ1) is 21.6. The number of aromatic nitrogens is 2. The third-order valence-electron chi connectivity index (χ3n) is 4.39. The largest absolute Gasteiger partial charge is 0.357 e. The molecule has 0 saturated carbocycles. The maximum absolute atomic E-state index is 11.9. The van der Waals surface area contributed by atoms with Gasteiger partial charge in [0.1, 0.15) is 0 Å². The van der Waals surface area contributed by atoms with Gasteiger partial charge < -0.3 is 16.0 Å². The molecule has 0 atom stereocenters. The third kappa shape index (κ3) is 6.73. The number of hydrogen-bond donors (Lipinski definition) is 3. The molecule has 0 aliphatic rings. The van der Waals surface area contributed by atoms with Crippen LogP contribution in [-0.4, -0.2) is 47.8 Å². The normalized spacial score (nSPS) is 11.3. The van der Waals surface area contributed by atoms with E-state index in [1.54, 1.807) is 6.20 Å². The standard InChI is InChI=1S/C22H28N6OS/c1-2-23-22(25-13-4-12-24-21(29)20-6-3-17-30-20)26-15-11-18-7-9-19(10-8-18)28-16-5-14-27-28/h3,5-10,14,16-17H,2,4,11-13,15H2,1H3,(H,24,29)(H2,23,25,26). The molecular weight excluding hydrogens is 396 g/mol. The van der Waals surface area contributed by atoms with Crippen molar-refractivity contribution in [3.63, 3.8) is 0 Å². The van der Waals surface area contributed by atoms with Gasteiger partial charge in [0.2, 0.25) is 0 Å². The molecule has 0 unspecified atom stereocenters. The Kier molecular flexibility index (Phi) is 8.47. The summed E-state index contributed by atoms with van der Waals surface area (Å²) in [4.78, 5) is 17.2. The molecule has 2 aromatic heterocycles. The van der Waals surface area contributed by atoms with Crippen LogP contribution >= 0.6 is 11.3 Å². The number of nitrogens with zero attached hydrogens (tertiary/aromatic N) is 3. The summed E-state index contributed by atoms with van der Waals surface area (Å²) in [5, 5.41) is 15.7. The van der Waals surface area contributed by atoms with E-state index in [-0.39, 0.29) is 5.91 Å². The number of nitrogens with one attached hydrogen (secondary N) is 3. The average molecular weight is 425 g/mol. The number of guanidine groups is 1. The Labute approximate surface area is 181 Å². The minimum atomic E-state index is -0.0161. The van der Waals surface area contributed by atoms with Gasteiger partial charge in [-0.3, -0.25) is 9.79 Å². The van der Waals surface area contributed by atoms with Gasteiger partial charge in [-0.1, -0.05) is 18.2 Å². The first-order valence-corrected chi connectivity index (χ1v) is 11.1. The predicted octanol–water partition coefficient (Wildman–Crippen LogP) is 2.85. The molecule has 1 aromatic carbocycles. The van der Waals surface area contributed by atoms with Crippen molar-refractivity contribution in [2.45, 2.75) is 19.8 Å². The minimum absolute atomic E-state index is 0.0161. The van der Waals surface area contributed by atoms with Crippen LogP contribution in [0.4, 0.5) is 0 Å². The molecule has 158 valence electrons. The number of carbonyl (C=O) groups excluding carboxylic acids is 1. The van der Waals surface area contributed by atoms with E-state index < -0.39 is 0 Å². The number of aliphatic imine (C=N–C) groups is 1. The Morgan fingerprint density at radius 2 is 1.97 bits per heavy atom. The fourth-order valence-corrected chi connectivity index (χ4v) is 3.51. The zero-order valence-electron chi connectivity index (χ0n) is 17.2. The minimum Gasteiger partial charge on any atom is -0.357 e. The Balaban J connectivity index is 1.37. The highest BCUT2D eigenvalue weighted by Gasteiger charge is 2.04. The van der Waals surface area contributed by atoms with Crippen LogP contribution in [0.25, 0.3) is 5.69 Å². The van der Waals surface area contributed by atoms with Crippen molar-refractivity contribution >= 4 is 23.2 Å².